The fraction of sp³-hybridized carbons (Fsp3) is 0.867. The van der Waals surface area contributed by atoms with E-state index in [0.717, 1.165) is 0 Å². The molecule has 2 aliphatic rings. The van der Waals surface area contributed by atoms with Gasteiger partial charge in [0, 0.05) is 6.42 Å². The third-order valence-corrected chi connectivity index (χ3v) is 5.93. The summed E-state index contributed by atoms with van der Waals surface area (Å²) in [6, 6.07) is 0. The summed E-state index contributed by atoms with van der Waals surface area (Å²) in [5, 5.41) is 16.8. The van der Waals surface area contributed by atoms with Crippen LogP contribution in [0.4, 0.5) is 70.2 Å². The van der Waals surface area contributed by atoms with Gasteiger partial charge < -0.3 is 10.2 Å². The molecule has 0 heterocycles. The van der Waals surface area contributed by atoms with Crippen molar-refractivity contribution in [1.29, 1.82) is 0 Å². The Balaban J connectivity index is 2.85. The Labute approximate surface area is 180 Å². The lowest BCUT2D eigenvalue weighted by Gasteiger charge is -2.55. The Bertz CT molecular complexity index is 877. The monoisotopic (exact) mass is 556 g/mol. The van der Waals surface area contributed by atoms with Crippen molar-refractivity contribution in [3.05, 3.63) is 0 Å². The Kier molecular flexibility index (Phi) is 5.62. The minimum atomic E-state index is -7.22. The average molecular weight is 556 g/mol. The van der Waals surface area contributed by atoms with Crippen LogP contribution in [0.5, 0.6) is 0 Å². The third kappa shape index (κ3) is 2.84. The molecule has 35 heavy (non-hydrogen) atoms. The molecule has 0 bridgehead atoms. The molecule has 4 nitrogen and oxygen atoms in total. The molecule has 0 saturated heterocycles. The molecule has 2 rings (SSSR count). The van der Waals surface area contributed by atoms with Gasteiger partial charge in [0.15, 0.2) is 11.3 Å². The molecular weight excluding hydrogens is 548 g/mol. The van der Waals surface area contributed by atoms with E-state index < -0.39 is 89.4 Å². The molecule has 0 spiro atoms. The summed E-state index contributed by atoms with van der Waals surface area (Å²) < 4.78 is 226. The summed E-state index contributed by atoms with van der Waals surface area (Å²) in [7, 11) is 0. The maximum absolute atomic E-state index is 15.0. The van der Waals surface area contributed by atoms with Gasteiger partial charge in [0.2, 0.25) is 0 Å². The quantitative estimate of drug-likeness (QED) is 0.479. The van der Waals surface area contributed by atoms with Crippen molar-refractivity contribution in [1.82, 2.24) is 0 Å². The van der Waals surface area contributed by atoms with Crippen LogP contribution in [0.25, 0.3) is 0 Å². The van der Waals surface area contributed by atoms with Gasteiger partial charge in [-0.3, -0.25) is 0 Å². The lowest BCUT2D eigenvalue weighted by Crippen LogP contribution is -2.82. The van der Waals surface area contributed by atoms with E-state index in [4.69, 9.17) is 10.2 Å². The molecule has 0 aromatic heterocycles. The first kappa shape index (κ1) is 29.1. The summed E-state index contributed by atoms with van der Waals surface area (Å²) in [5.74, 6) is -50.4. The molecule has 4 unspecified atom stereocenters. The van der Waals surface area contributed by atoms with Crippen molar-refractivity contribution in [2.45, 2.75) is 77.5 Å². The number of rotatable bonds is 4. The van der Waals surface area contributed by atoms with Crippen LogP contribution in [0.15, 0.2) is 0 Å². The molecule has 4 atom stereocenters. The second-order valence-electron chi connectivity index (χ2n) is 8.09. The number of carboxylic acids is 2. The number of aliphatic carboxylic acids is 2. The molecule has 2 aliphatic carbocycles. The van der Waals surface area contributed by atoms with Gasteiger partial charge >= 0.3 is 58.8 Å². The largest absolute Gasteiger partial charge is 0.479 e. The van der Waals surface area contributed by atoms with Crippen molar-refractivity contribution in [2.75, 3.05) is 0 Å². The van der Waals surface area contributed by atoms with Gasteiger partial charge in [0.05, 0.1) is 12.8 Å². The molecule has 0 aromatic rings. The fourth-order valence-corrected chi connectivity index (χ4v) is 3.99. The molecular formula is C15H8F16O4. The first-order chi connectivity index (χ1) is 15.0. The van der Waals surface area contributed by atoms with Crippen LogP contribution in [0.3, 0.4) is 0 Å². The van der Waals surface area contributed by atoms with Crippen LogP contribution < -0.4 is 0 Å². The van der Waals surface area contributed by atoms with E-state index in [-0.39, 0.29) is 0 Å². The van der Waals surface area contributed by atoms with E-state index in [0.29, 0.717) is 0 Å². The van der Waals surface area contributed by atoms with Gasteiger partial charge in [-0.15, -0.1) is 0 Å². The number of alkyl halides is 16. The van der Waals surface area contributed by atoms with E-state index in [9.17, 15) is 79.8 Å². The Morgan fingerprint density at radius 3 is 0.914 bits per heavy atom. The predicted molar refractivity (Wildman–Crippen MR) is 74.2 cm³/mol. The van der Waals surface area contributed by atoms with Crippen molar-refractivity contribution in [3.8, 4) is 0 Å². The van der Waals surface area contributed by atoms with Gasteiger partial charge in [-0.1, -0.05) is 0 Å². The third-order valence-electron chi connectivity index (χ3n) is 5.93. The second kappa shape index (κ2) is 6.77. The average Bonchev–Trinajstić information content (AvgIpc) is 2.62. The minimum absolute atomic E-state index is 3.98. The van der Waals surface area contributed by atoms with Gasteiger partial charge in [0.1, 0.15) is 0 Å². The smallest absolute Gasteiger partial charge is 0.360 e. The van der Waals surface area contributed by atoms with E-state index in [1.54, 1.807) is 0 Å². The SMILES string of the molecule is O=C(O)C1(F)C(F)(F)C(F)(F)CC(F)(CC2(F)CC(F)(F)C(F)(F)C(F)(C(=O)O)C2(F)F)C1(F)F. The molecule has 0 aliphatic heterocycles. The van der Waals surface area contributed by atoms with Crippen LogP contribution in [0.1, 0.15) is 19.3 Å². The maximum Gasteiger partial charge on any atom is 0.360 e. The van der Waals surface area contributed by atoms with Crippen LogP contribution in [0, 0.1) is 0 Å². The second-order valence-corrected chi connectivity index (χ2v) is 8.09. The van der Waals surface area contributed by atoms with Crippen LogP contribution in [0.2, 0.25) is 0 Å². The molecule has 20 heteroatoms. The fourth-order valence-electron chi connectivity index (χ4n) is 3.99. The first-order valence-corrected chi connectivity index (χ1v) is 8.50. The number of carbonyl (C=O) groups is 2. The zero-order chi connectivity index (χ0) is 28.3. The highest BCUT2D eigenvalue weighted by atomic mass is 19.3. The number of hydrogen-bond acceptors (Lipinski definition) is 2. The standard InChI is InChI=1S/C15H8F16O4/c16-6(2-8(18,19)14(28,29)10(22,4(32)33)12(6,24)25)1-7(17)3-9(20,21)15(30,31)11(23,5(34)35)13(7,26)27/h1-3H2,(H,32,33)(H,34,35). The predicted octanol–water partition coefficient (Wildman–Crippen LogP) is 5.00. The number of hydrogen-bond donors (Lipinski definition) is 2. The van der Waals surface area contributed by atoms with Gasteiger partial charge in [0.25, 0.3) is 0 Å². The van der Waals surface area contributed by atoms with Crippen molar-refractivity contribution < 1.29 is 90.0 Å². The normalized spacial score (nSPS) is 42.7. The molecule has 2 N–H and O–H groups in total. The van der Waals surface area contributed by atoms with E-state index in [1.807, 2.05) is 0 Å². The van der Waals surface area contributed by atoms with E-state index in [2.05, 4.69) is 0 Å². The molecule has 2 fully saturated rings. The Morgan fingerprint density at radius 2 is 0.714 bits per heavy atom. The summed E-state index contributed by atoms with van der Waals surface area (Å²) >= 11 is 0. The summed E-state index contributed by atoms with van der Waals surface area (Å²) in [5.41, 5.74) is -26.9. The zero-order valence-corrected chi connectivity index (χ0v) is 15.9. The van der Waals surface area contributed by atoms with Crippen LogP contribution in [-0.4, -0.2) is 80.4 Å². The first-order valence-electron chi connectivity index (χ1n) is 8.50. The highest BCUT2D eigenvalue weighted by molar-refractivity contribution is 5.82. The van der Waals surface area contributed by atoms with Gasteiger partial charge in [-0.05, 0) is 0 Å². The molecule has 0 aromatic carbocycles. The summed E-state index contributed by atoms with van der Waals surface area (Å²) in [4.78, 5) is 21.5. The highest BCUT2D eigenvalue weighted by Gasteiger charge is 2.96. The molecule has 0 radical (unpaired) electrons. The van der Waals surface area contributed by atoms with Gasteiger partial charge in [-0.2, -0.15) is 52.7 Å². The topological polar surface area (TPSA) is 74.6 Å². The van der Waals surface area contributed by atoms with Crippen LogP contribution >= 0.6 is 0 Å². The number of halogens is 16. The molecule has 2 saturated carbocycles. The lowest BCUT2D eigenvalue weighted by atomic mass is 9.61. The summed E-state index contributed by atoms with van der Waals surface area (Å²) in [6.45, 7) is 0. The lowest BCUT2D eigenvalue weighted by molar-refractivity contribution is -0.404. The van der Waals surface area contributed by atoms with Crippen molar-refractivity contribution >= 4 is 11.9 Å². The number of carboxylic acid groups (broad SMARTS) is 2. The highest BCUT2D eigenvalue weighted by Crippen LogP contribution is 2.70. The summed E-state index contributed by atoms with van der Waals surface area (Å²) in [6.07, 6.45) is -12.1. The van der Waals surface area contributed by atoms with Crippen LogP contribution in [-0.2, 0) is 9.59 Å². The van der Waals surface area contributed by atoms with Crippen molar-refractivity contribution in [2.24, 2.45) is 0 Å². The van der Waals surface area contributed by atoms with E-state index >= 15 is 0 Å². The molecule has 0 amide bonds. The minimum Gasteiger partial charge on any atom is -0.479 e. The van der Waals surface area contributed by atoms with Gasteiger partial charge in [-0.25, -0.2) is 27.2 Å². The van der Waals surface area contributed by atoms with E-state index in [1.165, 1.54) is 0 Å². The zero-order valence-electron chi connectivity index (χ0n) is 15.9. The van der Waals surface area contributed by atoms with Crippen molar-refractivity contribution in [3.63, 3.8) is 0 Å². The Morgan fingerprint density at radius 1 is 0.486 bits per heavy atom. The molecule has 204 valence electrons. The maximum atomic E-state index is 15.0. The Hall–Kier alpha value is -2.18.